The summed E-state index contributed by atoms with van der Waals surface area (Å²) in [4.78, 5) is -0.338. The van der Waals surface area contributed by atoms with Crippen molar-refractivity contribution in [3.05, 3.63) is 18.2 Å². The van der Waals surface area contributed by atoms with E-state index in [9.17, 15) is 8.42 Å². The lowest BCUT2D eigenvalue weighted by atomic mass is 10.3. The van der Waals surface area contributed by atoms with Crippen LogP contribution in [0.4, 0.5) is 11.4 Å². The molecular formula is C6H10ClN3O3S. The highest BCUT2D eigenvalue weighted by Crippen LogP contribution is 2.22. The maximum absolute atomic E-state index is 10.8. The lowest BCUT2D eigenvalue weighted by Gasteiger charge is -2.06. The monoisotopic (exact) mass is 239 g/mol. The molecule has 1 aromatic carbocycles. The molecule has 0 aliphatic rings. The van der Waals surface area contributed by atoms with E-state index in [0.29, 0.717) is 0 Å². The number of benzene rings is 1. The first-order valence-electron chi connectivity index (χ1n) is 3.29. The third kappa shape index (κ3) is 2.74. The molecule has 0 aliphatic heterocycles. The average molecular weight is 240 g/mol. The van der Waals surface area contributed by atoms with Gasteiger partial charge >= 0.3 is 0 Å². The molecule has 0 aliphatic carbocycles. The number of nitrogens with two attached hydrogens (primary N) is 2. The molecule has 6 N–H and O–H groups in total. The van der Waals surface area contributed by atoms with Crippen molar-refractivity contribution in [1.29, 1.82) is 0 Å². The highest BCUT2D eigenvalue weighted by Gasteiger charge is 2.14. The Morgan fingerprint density at radius 3 is 2.36 bits per heavy atom. The zero-order chi connectivity index (χ0) is 10.1. The number of hydrogen-bond acceptors (Lipinski definition) is 5. The van der Waals surface area contributed by atoms with Gasteiger partial charge in [0.2, 0.25) is 0 Å². The van der Waals surface area contributed by atoms with Crippen LogP contribution in [0.3, 0.4) is 0 Å². The van der Waals surface area contributed by atoms with Gasteiger partial charge in [-0.1, -0.05) is 0 Å². The van der Waals surface area contributed by atoms with Gasteiger partial charge in [0.05, 0.1) is 5.69 Å². The van der Waals surface area contributed by atoms with E-state index >= 15 is 0 Å². The molecule has 0 saturated carbocycles. The minimum absolute atomic E-state index is 0. The topological polar surface area (TPSA) is 118 Å². The highest BCUT2D eigenvalue weighted by atomic mass is 35.5. The first-order chi connectivity index (χ1) is 5.95. The Bertz CT molecular complexity index is 420. The summed E-state index contributed by atoms with van der Waals surface area (Å²) in [6.45, 7) is 0. The minimum Gasteiger partial charge on any atom is -0.399 e. The molecule has 0 radical (unpaired) electrons. The van der Waals surface area contributed by atoms with Gasteiger partial charge in [0.15, 0.2) is 0 Å². The van der Waals surface area contributed by atoms with Crippen LogP contribution in [0.1, 0.15) is 0 Å². The molecule has 8 heteroatoms. The molecule has 0 unspecified atom stereocenters. The Labute approximate surface area is 87.4 Å². The largest absolute Gasteiger partial charge is 0.399 e. The van der Waals surface area contributed by atoms with Gasteiger partial charge in [-0.3, -0.25) is 10.4 Å². The Kier molecular flexibility index (Phi) is 4.14. The molecule has 0 spiro atoms. The van der Waals surface area contributed by atoms with Crippen molar-refractivity contribution in [2.45, 2.75) is 4.90 Å². The smallest absolute Gasteiger partial charge is 0.296 e. The van der Waals surface area contributed by atoms with Crippen LogP contribution < -0.4 is 17.0 Å². The molecule has 1 aromatic rings. The van der Waals surface area contributed by atoms with Crippen LogP contribution in [0.2, 0.25) is 0 Å². The van der Waals surface area contributed by atoms with Gasteiger partial charge in [-0.15, -0.1) is 12.4 Å². The van der Waals surface area contributed by atoms with E-state index in [-0.39, 0.29) is 28.7 Å². The van der Waals surface area contributed by atoms with Crippen molar-refractivity contribution in [2.24, 2.45) is 5.84 Å². The third-order valence-electron chi connectivity index (χ3n) is 1.44. The summed E-state index contributed by atoms with van der Waals surface area (Å²) in [5.74, 6) is 5.03. The number of rotatable bonds is 2. The molecule has 0 saturated heterocycles. The van der Waals surface area contributed by atoms with E-state index in [0.717, 1.165) is 6.07 Å². The number of hydrazine groups is 1. The molecule has 80 valence electrons. The molecule has 0 amide bonds. The van der Waals surface area contributed by atoms with Crippen LogP contribution in [-0.2, 0) is 10.1 Å². The summed E-state index contributed by atoms with van der Waals surface area (Å²) in [6, 6.07) is 3.94. The zero-order valence-corrected chi connectivity index (χ0v) is 8.60. The molecular weight excluding hydrogens is 230 g/mol. The SMILES string of the molecule is Cl.NNc1ccc(N)cc1S(=O)(=O)O. The maximum Gasteiger partial charge on any atom is 0.296 e. The van der Waals surface area contributed by atoms with Crippen molar-refractivity contribution < 1.29 is 13.0 Å². The second kappa shape index (κ2) is 4.47. The second-order valence-corrected chi connectivity index (χ2v) is 3.76. The number of nitrogens with one attached hydrogen (secondary N) is 1. The fraction of sp³-hybridized carbons (Fsp3) is 0. The lowest BCUT2D eigenvalue weighted by Crippen LogP contribution is -2.12. The van der Waals surface area contributed by atoms with Gasteiger partial charge in [0.1, 0.15) is 4.90 Å². The van der Waals surface area contributed by atoms with E-state index in [1.54, 1.807) is 0 Å². The first-order valence-corrected chi connectivity index (χ1v) is 4.73. The molecule has 1 rings (SSSR count). The summed E-state index contributed by atoms with van der Waals surface area (Å²) >= 11 is 0. The number of halogens is 1. The Morgan fingerprint density at radius 1 is 1.36 bits per heavy atom. The Hall–Kier alpha value is -1.02. The number of anilines is 2. The summed E-state index contributed by atoms with van der Waals surface area (Å²) in [6.07, 6.45) is 0. The molecule has 0 bridgehead atoms. The van der Waals surface area contributed by atoms with Gasteiger partial charge < -0.3 is 11.2 Å². The van der Waals surface area contributed by atoms with Crippen molar-refractivity contribution in [2.75, 3.05) is 11.2 Å². The van der Waals surface area contributed by atoms with Crippen LogP contribution in [0.5, 0.6) is 0 Å². The third-order valence-corrected chi connectivity index (χ3v) is 2.33. The van der Waals surface area contributed by atoms with Gasteiger partial charge in [-0.25, -0.2) is 0 Å². The van der Waals surface area contributed by atoms with Crippen LogP contribution >= 0.6 is 12.4 Å². The van der Waals surface area contributed by atoms with Crippen molar-refractivity contribution in [3.8, 4) is 0 Å². The fourth-order valence-corrected chi connectivity index (χ4v) is 1.56. The van der Waals surface area contributed by atoms with E-state index in [1.165, 1.54) is 12.1 Å². The van der Waals surface area contributed by atoms with Crippen LogP contribution in [0.15, 0.2) is 23.1 Å². The standard InChI is InChI=1S/C6H9N3O3S.ClH/c7-4-1-2-5(9-8)6(3-4)13(10,11)12;/h1-3,9H,7-8H2,(H,10,11,12);1H. The lowest BCUT2D eigenvalue weighted by molar-refractivity contribution is 0.483. The van der Waals surface area contributed by atoms with E-state index in [1.807, 2.05) is 0 Å². The van der Waals surface area contributed by atoms with Crippen LogP contribution in [0.25, 0.3) is 0 Å². The van der Waals surface area contributed by atoms with Crippen molar-refractivity contribution in [1.82, 2.24) is 0 Å². The highest BCUT2D eigenvalue weighted by molar-refractivity contribution is 7.86. The Morgan fingerprint density at radius 2 is 1.93 bits per heavy atom. The maximum atomic E-state index is 10.8. The number of nitrogen functional groups attached to an aromatic ring is 2. The summed E-state index contributed by atoms with van der Waals surface area (Å²) in [7, 11) is -4.29. The molecule has 0 heterocycles. The molecule has 0 atom stereocenters. The molecule has 6 nitrogen and oxygen atoms in total. The predicted molar refractivity (Wildman–Crippen MR) is 55.7 cm³/mol. The molecule has 14 heavy (non-hydrogen) atoms. The zero-order valence-electron chi connectivity index (χ0n) is 6.97. The minimum atomic E-state index is -4.29. The van der Waals surface area contributed by atoms with Gasteiger partial charge in [-0.2, -0.15) is 8.42 Å². The summed E-state index contributed by atoms with van der Waals surface area (Å²) < 4.78 is 30.3. The van der Waals surface area contributed by atoms with Crippen molar-refractivity contribution >= 4 is 33.9 Å². The molecule has 0 aromatic heterocycles. The first kappa shape index (κ1) is 13.0. The Balaban J connectivity index is 0.00000169. The second-order valence-electron chi connectivity index (χ2n) is 2.38. The van der Waals surface area contributed by atoms with E-state index in [4.69, 9.17) is 16.1 Å². The van der Waals surface area contributed by atoms with Crippen LogP contribution in [-0.4, -0.2) is 13.0 Å². The normalized spacial score (nSPS) is 10.4. The average Bonchev–Trinajstić information content (AvgIpc) is 2.03. The van der Waals surface area contributed by atoms with Crippen molar-refractivity contribution in [3.63, 3.8) is 0 Å². The van der Waals surface area contributed by atoms with Crippen LogP contribution in [0, 0.1) is 0 Å². The fourth-order valence-electron chi connectivity index (χ4n) is 0.872. The summed E-state index contributed by atoms with van der Waals surface area (Å²) in [5.41, 5.74) is 7.79. The van der Waals surface area contributed by atoms with E-state index < -0.39 is 10.1 Å². The van der Waals surface area contributed by atoms with Gasteiger partial charge in [-0.05, 0) is 18.2 Å². The van der Waals surface area contributed by atoms with Gasteiger partial charge in [0.25, 0.3) is 10.1 Å². The quantitative estimate of drug-likeness (QED) is 0.254. The number of hydrogen-bond donors (Lipinski definition) is 4. The van der Waals surface area contributed by atoms with E-state index in [2.05, 4.69) is 5.43 Å². The van der Waals surface area contributed by atoms with Gasteiger partial charge in [0, 0.05) is 5.69 Å². The summed E-state index contributed by atoms with van der Waals surface area (Å²) in [5, 5.41) is 0. The predicted octanol–water partition coefficient (Wildman–Crippen LogP) is 0.223. The molecule has 0 fully saturated rings.